The molecule has 1 aromatic rings. The van der Waals surface area contributed by atoms with Gasteiger partial charge in [-0.3, -0.25) is 9.69 Å². The van der Waals surface area contributed by atoms with Gasteiger partial charge in [0.05, 0.1) is 13.7 Å². The Hall–Kier alpha value is -2.39. The number of methoxy groups -OCH3 is 1. The van der Waals surface area contributed by atoms with Gasteiger partial charge in [0.25, 0.3) is 0 Å². The molecule has 1 N–H and O–H groups in total. The number of ether oxygens (including phenoxy) is 2. The van der Waals surface area contributed by atoms with Crippen LogP contribution < -0.4 is 5.32 Å². The lowest BCUT2D eigenvalue weighted by Gasteiger charge is -2.37. The van der Waals surface area contributed by atoms with Crippen molar-refractivity contribution in [3.05, 3.63) is 35.9 Å². The van der Waals surface area contributed by atoms with E-state index in [1.807, 2.05) is 30.3 Å². The Labute approximate surface area is 186 Å². The van der Waals surface area contributed by atoms with E-state index in [0.717, 1.165) is 5.56 Å². The maximum Gasteiger partial charge on any atom is 0.410 e. The summed E-state index contributed by atoms with van der Waals surface area (Å²) in [6.07, 6.45) is -0.640. The van der Waals surface area contributed by atoms with Gasteiger partial charge in [-0.15, -0.1) is 0 Å². The van der Waals surface area contributed by atoms with Crippen LogP contribution in [0.25, 0.3) is 0 Å². The van der Waals surface area contributed by atoms with E-state index < -0.39 is 38.4 Å². The molecule has 0 aliphatic carbocycles. The van der Waals surface area contributed by atoms with Crippen molar-refractivity contribution in [1.29, 1.82) is 0 Å². The molecule has 9 heteroatoms. The number of hydrogen-bond donors (Lipinski definition) is 1. The Bertz CT molecular complexity index is 748. The van der Waals surface area contributed by atoms with Gasteiger partial charge in [-0.2, -0.15) is 0 Å². The first-order valence-corrected chi connectivity index (χ1v) is 13.2. The molecule has 174 valence electrons. The molecule has 31 heavy (non-hydrogen) atoms. The minimum Gasteiger partial charge on any atom is -0.467 e. The van der Waals surface area contributed by atoms with Crippen molar-refractivity contribution in [2.75, 3.05) is 20.8 Å². The lowest BCUT2D eigenvalue weighted by Crippen LogP contribution is -2.54. The molecule has 0 saturated carbocycles. The van der Waals surface area contributed by atoms with E-state index in [4.69, 9.17) is 13.9 Å². The average molecular weight is 453 g/mol. The van der Waals surface area contributed by atoms with Crippen LogP contribution in [-0.2, 0) is 30.1 Å². The Morgan fingerprint density at radius 2 is 1.71 bits per heavy atom. The summed E-state index contributed by atoms with van der Waals surface area (Å²) in [4.78, 5) is 38.4. The van der Waals surface area contributed by atoms with Crippen molar-refractivity contribution in [2.24, 2.45) is 0 Å². The van der Waals surface area contributed by atoms with E-state index in [1.165, 1.54) is 19.1 Å². The predicted octanol–water partition coefficient (Wildman–Crippen LogP) is 3.32. The Morgan fingerprint density at radius 3 is 2.23 bits per heavy atom. The number of benzene rings is 1. The molecule has 8 nitrogen and oxygen atoms in total. The van der Waals surface area contributed by atoms with Crippen molar-refractivity contribution in [3.63, 3.8) is 0 Å². The van der Waals surface area contributed by atoms with E-state index in [0.29, 0.717) is 0 Å². The molecular weight excluding hydrogens is 416 g/mol. The summed E-state index contributed by atoms with van der Waals surface area (Å²) in [6.45, 7) is 12.0. The topological polar surface area (TPSA) is 94.2 Å². The maximum atomic E-state index is 12.7. The normalized spacial score (nSPS) is 13.7. The van der Waals surface area contributed by atoms with Gasteiger partial charge in [0.2, 0.25) is 5.91 Å². The Balaban J connectivity index is 2.71. The molecule has 0 aliphatic heterocycles. The van der Waals surface area contributed by atoms with Crippen LogP contribution in [0.15, 0.2) is 30.3 Å². The third-order valence-corrected chi connectivity index (χ3v) is 10.2. The number of rotatable bonds is 9. The number of carbonyl (C=O) groups excluding carboxylic acids is 3. The van der Waals surface area contributed by atoms with Crippen LogP contribution in [0.1, 0.15) is 33.3 Å². The molecule has 0 radical (unpaired) electrons. The van der Waals surface area contributed by atoms with Crippen LogP contribution in [0.5, 0.6) is 0 Å². The molecule has 1 rings (SSSR count). The van der Waals surface area contributed by atoms with Gasteiger partial charge in [-0.05, 0) is 30.6 Å². The van der Waals surface area contributed by atoms with Crippen LogP contribution in [0.2, 0.25) is 18.1 Å². The number of nitrogens with one attached hydrogen (secondary N) is 1. The highest BCUT2D eigenvalue weighted by molar-refractivity contribution is 6.74. The molecule has 0 bridgehead atoms. The van der Waals surface area contributed by atoms with Crippen molar-refractivity contribution >= 4 is 26.3 Å². The molecule has 0 aliphatic rings. The molecule has 1 aromatic carbocycles. The van der Waals surface area contributed by atoms with Gasteiger partial charge in [0, 0.05) is 7.05 Å². The van der Waals surface area contributed by atoms with E-state index in [-0.39, 0.29) is 18.3 Å². The monoisotopic (exact) mass is 452 g/mol. The second-order valence-corrected chi connectivity index (χ2v) is 13.8. The zero-order valence-electron chi connectivity index (χ0n) is 19.9. The largest absolute Gasteiger partial charge is 0.467 e. The standard InChI is InChI=1S/C22H36N2O6Si/c1-16(24(5)21(27)29-14-17-12-10-9-11-13-17)19(25)23-18(20(26)28-6)15-30-31(7,8)22(2,3)4/h9-13,16,18H,14-15H2,1-8H3,(H,23,25)/t16-,18?/m0/s1. The molecular formula is C22H36N2O6Si. The van der Waals surface area contributed by atoms with E-state index in [2.05, 4.69) is 39.2 Å². The van der Waals surface area contributed by atoms with Gasteiger partial charge in [-0.1, -0.05) is 51.1 Å². The van der Waals surface area contributed by atoms with Crippen molar-refractivity contribution in [1.82, 2.24) is 10.2 Å². The zero-order valence-corrected chi connectivity index (χ0v) is 20.9. The number of nitrogens with zero attached hydrogens (tertiary/aromatic N) is 1. The van der Waals surface area contributed by atoms with Crippen molar-refractivity contribution < 1.29 is 28.3 Å². The molecule has 2 atom stereocenters. The summed E-state index contributed by atoms with van der Waals surface area (Å²) < 4.78 is 16.1. The quantitative estimate of drug-likeness (QED) is 0.456. The summed E-state index contributed by atoms with van der Waals surface area (Å²) in [5.74, 6) is -1.11. The minimum absolute atomic E-state index is 0.00376. The van der Waals surface area contributed by atoms with Crippen molar-refractivity contribution in [2.45, 2.75) is 64.5 Å². The summed E-state index contributed by atoms with van der Waals surface area (Å²) >= 11 is 0. The van der Waals surface area contributed by atoms with Gasteiger partial charge >= 0.3 is 12.1 Å². The minimum atomic E-state index is -2.13. The summed E-state index contributed by atoms with van der Waals surface area (Å²) in [5, 5.41) is 2.59. The first-order valence-electron chi connectivity index (χ1n) is 10.3. The SMILES string of the molecule is COC(=O)C(CO[Si](C)(C)C(C)(C)C)NC(=O)[C@H](C)N(C)C(=O)OCc1ccccc1. The van der Waals surface area contributed by atoms with E-state index >= 15 is 0 Å². The first kappa shape index (κ1) is 26.6. The van der Waals surface area contributed by atoms with Crippen LogP contribution in [0.3, 0.4) is 0 Å². The fourth-order valence-electron chi connectivity index (χ4n) is 2.27. The average Bonchev–Trinajstić information content (AvgIpc) is 2.72. The summed E-state index contributed by atoms with van der Waals surface area (Å²) in [5.41, 5.74) is 0.842. The smallest absolute Gasteiger partial charge is 0.410 e. The van der Waals surface area contributed by atoms with Crippen molar-refractivity contribution in [3.8, 4) is 0 Å². The third kappa shape index (κ3) is 7.99. The van der Waals surface area contributed by atoms with E-state index in [1.54, 1.807) is 6.92 Å². The van der Waals surface area contributed by atoms with Crippen LogP contribution >= 0.6 is 0 Å². The van der Waals surface area contributed by atoms with Gasteiger partial charge in [-0.25, -0.2) is 9.59 Å². The lowest BCUT2D eigenvalue weighted by atomic mass is 10.2. The number of hydrogen-bond acceptors (Lipinski definition) is 6. The number of esters is 1. The zero-order chi connectivity index (χ0) is 23.8. The highest BCUT2D eigenvalue weighted by atomic mass is 28.4. The molecule has 0 saturated heterocycles. The molecule has 0 heterocycles. The number of carbonyl (C=O) groups is 3. The predicted molar refractivity (Wildman–Crippen MR) is 121 cm³/mol. The Morgan fingerprint density at radius 1 is 1.13 bits per heavy atom. The van der Waals surface area contributed by atoms with Crippen LogP contribution in [0, 0.1) is 0 Å². The van der Waals surface area contributed by atoms with Crippen LogP contribution in [-0.4, -0.2) is 64.0 Å². The summed E-state index contributed by atoms with van der Waals surface area (Å²) in [6, 6.07) is 7.42. The Kier molecular flexibility index (Phi) is 9.70. The first-order chi connectivity index (χ1) is 14.3. The highest BCUT2D eigenvalue weighted by Crippen LogP contribution is 2.36. The number of amides is 2. The lowest BCUT2D eigenvalue weighted by molar-refractivity contribution is -0.146. The summed E-state index contributed by atoms with van der Waals surface area (Å²) in [7, 11) is 0.593. The second kappa shape index (κ2) is 11.3. The second-order valence-electron chi connectivity index (χ2n) is 8.98. The van der Waals surface area contributed by atoms with E-state index in [9.17, 15) is 14.4 Å². The fourth-order valence-corrected chi connectivity index (χ4v) is 3.28. The molecule has 0 fully saturated rings. The van der Waals surface area contributed by atoms with Gasteiger partial charge < -0.3 is 19.2 Å². The number of likely N-dealkylation sites (N-methyl/N-ethyl adjacent to an activating group) is 1. The van der Waals surface area contributed by atoms with Gasteiger partial charge in [0.15, 0.2) is 8.32 Å². The van der Waals surface area contributed by atoms with Crippen LogP contribution in [0.4, 0.5) is 4.79 Å². The molecule has 1 unspecified atom stereocenters. The third-order valence-electron chi connectivity index (χ3n) is 5.67. The van der Waals surface area contributed by atoms with Gasteiger partial charge in [0.1, 0.15) is 18.7 Å². The maximum absolute atomic E-state index is 12.7. The molecule has 0 spiro atoms. The highest BCUT2D eigenvalue weighted by Gasteiger charge is 2.39. The molecule has 2 amide bonds. The molecule has 0 aromatic heterocycles. The fraction of sp³-hybridized carbons (Fsp3) is 0.591.